The number of hydrogen-bond donors (Lipinski definition) is 0. The first kappa shape index (κ1) is 14.7. The third kappa shape index (κ3) is 2.49. The van der Waals surface area contributed by atoms with Gasteiger partial charge >= 0.3 is 0 Å². The van der Waals surface area contributed by atoms with Crippen LogP contribution in [0.2, 0.25) is 0 Å². The number of rotatable bonds is 2. The van der Waals surface area contributed by atoms with Crippen LogP contribution in [0.15, 0.2) is 6.07 Å². The van der Waals surface area contributed by atoms with Gasteiger partial charge in [-0.3, -0.25) is 4.79 Å². The van der Waals surface area contributed by atoms with Gasteiger partial charge < -0.3 is 9.80 Å². The van der Waals surface area contributed by atoms with E-state index in [4.69, 9.17) is 0 Å². The van der Waals surface area contributed by atoms with Crippen molar-refractivity contribution in [2.24, 2.45) is 0 Å². The summed E-state index contributed by atoms with van der Waals surface area (Å²) < 4.78 is 0. The first-order chi connectivity index (χ1) is 10.5. The average molecular weight is 299 g/mol. The minimum Gasteiger partial charge on any atom is -0.362 e. The van der Waals surface area contributed by atoms with Crippen LogP contribution in [0.3, 0.4) is 0 Å². The van der Waals surface area contributed by atoms with Crippen LogP contribution in [-0.4, -0.2) is 52.9 Å². The molecule has 0 unspecified atom stereocenters. The smallest absolute Gasteiger partial charge is 0.291 e. The summed E-state index contributed by atoms with van der Waals surface area (Å²) in [7, 11) is 3.84. The normalized spacial score (nSPS) is 14.6. The molecule has 1 fully saturated rings. The van der Waals surface area contributed by atoms with Crippen molar-refractivity contribution in [3.8, 4) is 0 Å². The van der Waals surface area contributed by atoms with Crippen molar-refractivity contribution in [1.29, 1.82) is 0 Å². The summed E-state index contributed by atoms with van der Waals surface area (Å²) in [5, 5.41) is 0.911. The maximum Gasteiger partial charge on any atom is 0.291 e. The number of aromatic nitrogens is 3. The van der Waals surface area contributed by atoms with Crippen LogP contribution in [0.1, 0.15) is 34.7 Å². The molecule has 0 aromatic carbocycles. The van der Waals surface area contributed by atoms with E-state index < -0.39 is 0 Å². The third-order valence-corrected chi connectivity index (χ3v) is 3.98. The van der Waals surface area contributed by atoms with Gasteiger partial charge in [0.1, 0.15) is 5.82 Å². The molecule has 3 heterocycles. The predicted molar refractivity (Wildman–Crippen MR) is 86.3 cm³/mol. The quantitative estimate of drug-likeness (QED) is 0.848. The molecule has 116 valence electrons. The zero-order valence-corrected chi connectivity index (χ0v) is 13.6. The average Bonchev–Trinajstić information content (AvgIpc) is 2.98. The number of nitrogens with zero attached hydrogens (tertiary/aromatic N) is 5. The zero-order chi connectivity index (χ0) is 15.9. The first-order valence-electron chi connectivity index (χ1n) is 7.60. The molecule has 2 aromatic rings. The van der Waals surface area contributed by atoms with E-state index in [0.29, 0.717) is 5.65 Å². The first-order valence-corrected chi connectivity index (χ1v) is 7.60. The van der Waals surface area contributed by atoms with Crippen molar-refractivity contribution in [1.82, 2.24) is 19.9 Å². The maximum absolute atomic E-state index is 12.6. The third-order valence-electron chi connectivity index (χ3n) is 3.98. The van der Waals surface area contributed by atoms with Gasteiger partial charge in [0.25, 0.3) is 5.91 Å². The molecule has 0 N–H and O–H groups in total. The monoisotopic (exact) mass is 299 g/mol. The molecule has 22 heavy (non-hydrogen) atoms. The number of hydrogen-bond acceptors (Lipinski definition) is 5. The fourth-order valence-corrected chi connectivity index (χ4v) is 2.94. The molecule has 6 heteroatoms. The second-order valence-electron chi connectivity index (χ2n) is 6.04. The molecular weight excluding hydrogens is 278 g/mol. The van der Waals surface area contributed by atoms with Gasteiger partial charge in [-0.2, -0.15) is 0 Å². The van der Waals surface area contributed by atoms with Crippen LogP contribution in [0, 0.1) is 13.8 Å². The SMILES string of the molecule is Cc1cc(C)c2c(N(C)C)nc(C(=O)N3CCCC3)nc2n1. The fourth-order valence-electron chi connectivity index (χ4n) is 2.94. The Bertz CT molecular complexity index is 735. The van der Waals surface area contributed by atoms with Crippen molar-refractivity contribution >= 4 is 22.8 Å². The summed E-state index contributed by atoms with van der Waals surface area (Å²) in [6, 6.07) is 2.01. The van der Waals surface area contributed by atoms with Gasteiger partial charge in [0.2, 0.25) is 5.82 Å². The predicted octanol–water partition coefficient (Wildman–Crippen LogP) is 1.94. The standard InChI is InChI=1S/C16H21N5O/c1-10-9-11(2)17-13-12(10)15(20(3)4)19-14(18-13)16(22)21-7-5-6-8-21/h9H,5-8H2,1-4H3. The molecule has 2 aromatic heterocycles. The summed E-state index contributed by atoms with van der Waals surface area (Å²) in [6.07, 6.45) is 2.10. The van der Waals surface area contributed by atoms with Crippen molar-refractivity contribution in [2.45, 2.75) is 26.7 Å². The molecule has 0 atom stereocenters. The number of carbonyl (C=O) groups excluding carboxylic acids is 1. The van der Waals surface area contributed by atoms with E-state index in [1.54, 1.807) is 0 Å². The summed E-state index contributed by atoms with van der Waals surface area (Å²) in [5.74, 6) is 0.900. The Balaban J connectivity index is 2.18. The van der Waals surface area contributed by atoms with Crippen molar-refractivity contribution in [3.63, 3.8) is 0 Å². The molecule has 0 saturated carbocycles. The van der Waals surface area contributed by atoms with E-state index in [1.165, 1.54) is 0 Å². The number of aryl methyl sites for hydroxylation is 2. The Morgan fingerprint density at radius 1 is 1.14 bits per heavy atom. The summed E-state index contributed by atoms with van der Waals surface area (Å²) in [5.41, 5.74) is 2.57. The fraction of sp³-hybridized carbons (Fsp3) is 0.500. The summed E-state index contributed by atoms with van der Waals surface area (Å²) >= 11 is 0. The Hall–Kier alpha value is -2.24. The second-order valence-corrected chi connectivity index (χ2v) is 6.04. The number of pyridine rings is 1. The highest BCUT2D eigenvalue weighted by atomic mass is 16.2. The van der Waals surface area contributed by atoms with E-state index in [1.807, 2.05) is 43.8 Å². The van der Waals surface area contributed by atoms with Crippen molar-refractivity contribution in [3.05, 3.63) is 23.1 Å². The van der Waals surface area contributed by atoms with E-state index in [2.05, 4.69) is 15.0 Å². The number of carbonyl (C=O) groups is 1. The lowest BCUT2D eigenvalue weighted by atomic mass is 10.1. The van der Waals surface area contributed by atoms with Gasteiger partial charge in [-0.25, -0.2) is 15.0 Å². The van der Waals surface area contributed by atoms with E-state index in [0.717, 1.165) is 48.4 Å². The zero-order valence-electron chi connectivity index (χ0n) is 13.6. The molecule has 0 radical (unpaired) electrons. The number of anilines is 1. The van der Waals surface area contributed by atoms with Gasteiger partial charge in [-0.1, -0.05) is 0 Å². The highest BCUT2D eigenvalue weighted by molar-refractivity contribution is 5.96. The van der Waals surface area contributed by atoms with Crippen LogP contribution >= 0.6 is 0 Å². The van der Waals surface area contributed by atoms with Gasteiger partial charge in [0.15, 0.2) is 5.65 Å². The minimum atomic E-state index is -0.0940. The molecule has 0 spiro atoms. The van der Waals surface area contributed by atoms with Crippen LogP contribution < -0.4 is 4.90 Å². The molecular formula is C16H21N5O. The van der Waals surface area contributed by atoms with Crippen LogP contribution in [0.5, 0.6) is 0 Å². The van der Waals surface area contributed by atoms with E-state index in [-0.39, 0.29) is 11.7 Å². The molecule has 1 saturated heterocycles. The van der Waals surface area contributed by atoms with Gasteiger partial charge in [-0.05, 0) is 38.3 Å². The summed E-state index contributed by atoms with van der Waals surface area (Å²) in [6.45, 7) is 5.54. The van der Waals surface area contributed by atoms with Crippen LogP contribution in [0.25, 0.3) is 11.0 Å². The lowest BCUT2D eigenvalue weighted by molar-refractivity contribution is 0.0781. The number of fused-ring (bicyclic) bond motifs is 1. The maximum atomic E-state index is 12.6. The minimum absolute atomic E-state index is 0.0940. The van der Waals surface area contributed by atoms with Crippen molar-refractivity contribution < 1.29 is 4.79 Å². The number of likely N-dealkylation sites (tertiary alicyclic amines) is 1. The molecule has 6 nitrogen and oxygen atoms in total. The topological polar surface area (TPSA) is 62.2 Å². The Morgan fingerprint density at radius 3 is 2.45 bits per heavy atom. The highest BCUT2D eigenvalue weighted by Crippen LogP contribution is 2.26. The number of amides is 1. The van der Waals surface area contributed by atoms with Gasteiger partial charge in [0, 0.05) is 32.9 Å². The second kappa shape index (κ2) is 5.51. The largest absolute Gasteiger partial charge is 0.362 e. The highest BCUT2D eigenvalue weighted by Gasteiger charge is 2.24. The van der Waals surface area contributed by atoms with Gasteiger partial charge in [0.05, 0.1) is 5.39 Å². The lowest BCUT2D eigenvalue weighted by Gasteiger charge is -2.19. The van der Waals surface area contributed by atoms with Crippen LogP contribution in [-0.2, 0) is 0 Å². The lowest BCUT2D eigenvalue weighted by Crippen LogP contribution is -2.30. The summed E-state index contributed by atoms with van der Waals surface area (Å²) in [4.78, 5) is 29.8. The Labute approximate surface area is 130 Å². The molecule has 1 aliphatic rings. The van der Waals surface area contributed by atoms with E-state index in [9.17, 15) is 4.79 Å². The molecule has 0 bridgehead atoms. The van der Waals surface area contributed by atoms with Crippen molar-refractivity contribution in [2.75, 3.05) is 32.1 Å². The Morgan fingerprint density at radius 2 is 1.82 bits per heavy atom. The Kier molecular flexibility index (Phi) is 3.68. The molecule has 0 aliphatic carbocycles. The van der Waals surface area contributed by atoms with Crippen LogP contribution in [0.4, 0.5) is 5.82 Å². The molecule has 1 amide bonds. The molecule has 3 rings (SSSR count). The molecule has 1 aliphatic heterocycles. The van der Waals surface area contributed by atoms with Gasteiger partial charge in [-0.15, -0.1) is 0 Å². The van der Waals surface area contributed by atoms with E-state index >= 15 is 0 Å².